The van der Waals surface area contributed by atoms with Gasteiger partial charge in [-0.25, -0.2) is 13.2 Å². The molecule has 6 heteroatoms. The van der Waals surface area contributed by atoms with E-state index in [1.165, 1.54) is 13.2 Å². The van der Waals surface area contributed by atoms with Crippen LogP contribution in [0.4, 0.5) is 18.9 Å². The fourth-order valence-corrected chi connectivity index (χ4v) is 1.99. The summed E-state index contributed by atoms with van der Waals surface area (Å²) in [6.07, 6.45) is 0. The molecule has 2 N–H and O–H groups in total. The number of rotatable bonds is 4. The lowest BCUT2D eigenvalue weighted by Crippen LogP contribution is -2.09. The van der Waals surface area contributed by atoms with E-state index in [9.17, 15) is 18.3 Å². The highest BCUT2D eigenvalue weighted by Gasteiger charge is 2.16. The second-order valence-corrected chi connectivity index (χ2v) is 4.54. The van der Waals surface area contributed by atoms with Gasteiger partial charge in [0.1, 0.15) is 17.3 Å². The van der Waals surface area contributed by atoms with Gasteiger partial charge in [0.15, 0.2) is 11.6 Å². The average molecular weight is 297 g/mol. The third-order valence-corrected chi connectivity index (χ3v) is 3.07. The van der Waals surface area contributed by atoms with Gasteiger partial charge in [-0.05, 0) is 19.1 Å². The van der Waals surface area contributed by atoms with Gasteiger partial charge in [0.2, 0.25) is 0 Å². The van der Waals surface area contributed by atoms with Gasteiger partial charge in [-0.3, -0.25) is 0 Å². The molecule has 0 fully saturated rings. The summed E-state index contributed by atoms with van der Waals surface area (Å²) in [5, 5.41) is 12.5. The average Bonchev–Trinajstić information content (AvgIpc) is 2.43. The van der Waals surface area contributed by atoms with Gasteiger partial charge in [-0.2, -0.15) is 0 Å². The van der Waals surface area contributed by atoms with Crippen LogP contribution in [0.15, 0.2) is 30.3 Å². The molecule has 0 aliphatic rings. The van der Waals surface area contributed by atoms with Crippen molar-refractivity contribution in [1.82, 2.24) is 0 Å². The van der Waals surface area contributed by atoms with Crippen molar-refractivity contribution in [2.75, 3.05) is 12.4 Å². The van der Waals surface area contributed by atoms with Crippen molar-refractivity contribution in [3.63, 3.8) is 0 Å². The number of benzene rings is 2. The van der Waals surface area contributed by atoms with Gasteiger partial charge in [-0.15, -0.1) is 0 Å². The summed E-state index contributed by atoms with van der Waals surface area (Å²) in [5.41, 5.74) is 0.134. The Hall–Kier alpha value is -2.37. The molecule has 0 spiro atoms. The molecule has 0 bridgehead atoms. The van der Waals surface area contributed by atoms with E-state index in [0.29, 0.717) is 17.4 Å². The molecule has 0 radical (unpaired) electrons. The topological polar surface area (TPSA) is 41.5 Å². The highest BCUT2D eigenvalue weighted by atomic mass is 19.2. The van der Waals surface area contributed by atoms with Crippen molar-refractivity contribution in [2.24, 2.45) is 0 Å². The first-order valence-corrected chi connectivity index (χ1v) is 6.20. The summed E-state index contributed by atoms with van der Waals surface area (Å²) in [5.74, 6) is -2.93. The molecule has 0 heterocycles. The summed E-state index contributed by atoms with van der Waals surface area (Å²) in [7, 11) is 1.46. The van der Waals surface area contributed by atoms with Crippen molar-refractivity contribution < 1.29 is 23.0 Å². The Morgan fingerprint density at radius 2 is 1.86 bits per heavy atom. The first-order valence-electron chi connectivity index (χ1n) is 6.20. The molecular formula is C15H14F3NO2. The molecule has 1 unspecified atom stereocenters. The molecule has 2 aromatic rings. The number of phenols is 1. The van der Waals surface area contributed by atoms with Crippen molar-refractivity contribution in [3.05, 3.63) is 53.3 Å². The van der Waals surface area contributed by atoms with Gasteiger partial charge >= 0.3 is 0 Å². The van der Waals surface area contributed by atoms with Gasteiger partial charge < -0.3 is 15.2 Å². The summed E-state index contributed by atoms with van der Waals surface area (Å²) < 4.78 is 44.8. The summed E-state index contributed by atoms with van der Waals surface area (Å²) in [4.78, 5) is 0. The quantitative estimate of drug-likeness (QED) is 0.838. The zero-order valence-electron chi connectivity index (χ0n) is 11.5. The highest BCUT2D eigenvalue weighted by molar-refractivity contribution is 5.50. The van der Waals surface area contributed by atoms with E-state index in [1.54, 1.807) is 19.1 Å². The number of hydrogen-bond donors (Lipinski definition) is 2. The zero-order chi connectivity index (χ0) is 15.6. The van der Waals surface area contributed by atoms with Crippen molar-refractivity contribution >= 4 is 5.69 Å². The van der Waals surface area contributed by atoms with E-state index < -0.39 is 23.5 Å². The third-order valence-electron chi connectivity index (χ3n) is 3.07. The largest absolute Gasteiger partial charge is 0.507 e. The first-order chi connectivity index (χ1) is 9.92. The van der Waals surface area contributed by atoms with Crippen LogP contribution in [0, 0.1) is 17.5 Å². The van der Waals surface area contributed by atoms with Gasteiger partial charge in [0.05, 0.1) is 18.8 Å². The second kappa shape index (κ2) is 5.95. The second-order valence-electron chi connectivity index (χ2n) is 4.54. The lowest BCUT2D eigenvalue weighted by molar-refractivity contribution is 0.406. The fourth-order valence-electron chi connectivity index (χ4n) is 1.99. The maximum Gasteiger partial charge on any atom is 0.182 e. The third kappa shape index (κ3) is 3.21. The monoisotopic (exact) mass is 297 g/mol. The Morgan fingerprint density at radius 1 is 1.14 bits per heavy atom. The summed E-state index contributed by atoms with van der Waals surface area (Å²) >= 11 is 0. The summed E-state index contributed by atoms with van der Waals surface area (Å²) in [6, 6.07) is 5.36. The normalized spacial score (nSPS) is 12.0. The Labute approximate surface area is 120 Å². The van der Waals surface area contributed by atoms with Crippen LogP contribution in [-0.4, -0.2) is 12.2 Å². The van der Waals surface area contributed by atoms with E-state index >= 15 is 0 Å². The van der Waals surface area contributed by atoms with Crippen LogP contribution in [0.3, 0.4) is 0 Å². The lowest BCUT2D eigenvalue weighted by atomic mass is 10.1. The van der Waals surface area contributed by atoms with Crippen LogP contribution >= 0.6 is 0 Å². The number of anilines is 1. The molecular weight excluding hydrogens is 283 g/mol. The molecule has 0 aromatic heterocycles. The molecule has 2 aromatic carbocycles. The Kier molecular flexibility index (Phi) is 4.26. The zero-order valence-corrected chi connectivity index (χ0v) is 11.5. The number of phenolic OH excluding ortho intramolecular Hbond substituents is 1. The minimum Gasteiger partial charge on any atom is -0.507 e. The molecule has 3 nitrogen and oxygen atoms in total. The molecule has 0 saturated carbocycles. The van der Waals surface area contributed by atoms with E-state index in [4.69, 9.17) is 4.74 Å². The van der Waals surface area contributed by atoms with Crippen LogP contribution in [0.25, 0.3) is 0 Å². The van der Waals surface area contributed by atoms with E-state index in [-0.39, 0.29) is 11.4 Å². The Morgan fingerprint density at radius 3 is 2.48 bits per heavy atom. The predicted molar refractivity (Wildman–Crippen MR) is 73.0 cm³/mol. The number of hydrogen-bond acceptors (Lipinski definition) is 3. The predicted octanol–water partition coefficient (Wildman–Crippen LogP) is 3.99. The van der Waals surface area contributed by atoms with Crippen molar-refractivity contribution in [1.29, 1.82) is 0 Å². The lowest BCUT2D eigenvalue weighted by Gasteiger charge is -2.18. The fraction of sp³-hybridized carbons (Fsp3) is 0.200. The van der Waals surface area contributed by atoms with Gasteiger partial charge in [0, 0.05) is 23.8 Å². The van der Waals surface area contributed by atoms with Gasteiger partial charge in [0.25, 0.3) is 0 Å². The van der Waals surface area contributed by atoms with Crippen molar-refractivity contribution in [2.45, 2.75) is 13.0 Å². The molecule has 21 heavy (non-hydrogen) atoms. The number of halogens is 3. The maximum atomic E-state index is 13.6. The standard InChI is InChI=1S/C15H14F3NO2/c1-8(11-4-3-10(21-2)7-14(11)20)19-13-6-9(16)5-12(17)15(13)18/h3-8,19-20H,1-2H3. The maximum absolute atomic E-state index is 13.6. The number of nitrogens with one attached hydrogen (secondary N) is 1. The van der Waals surface area contributed by atoms with E-state index in [2.05, 4.69) is 5.32 Å². The molecule has 0 saturated heterocycles. The van der Waals surface area contributed by atoms with Crippen LogP contribution in [-0.2, 0) is 0 Å². The van der Waals surface area contributed by atoms with Crippen LogP contribution in [0.2, 0.25) is 0 Å². The smallest absolute Gasteiger partial charge is 0.182 e. The molecule has 1 atom stereocenters. The van der Waals surface area contributed by atoms with Crippen LogP contribution in [0.1, 0.15) is 18.5 Å². The Balaban J connectivity index is 2.28. The SMILES string of the molecule is COc1ccc(C(C)Nc2cc(F)cc(F)c2F)c(O)c1. The van der Waals surface area contributed by atoms with E-state index in [0.717, 1.165) is 6.07 Å². The molecule has 0 aliphatic carbocycles. The molecule has 2 rings (SSSR count). The minimum absolute atomic E-state index is 0.0633. The Bertz CT molecular complexity index is 662. The molecule has 0 aliphatic heterocycles. The number of aromatic hydroxyl groups is 1. The number of methoxy groups -OCH3 is 1. The first kappa shape index (κ1) is 15.0. The molecule has 0 amide bonds. The number of ether oxygens (including phenoxy) is 1. The van der Waals surface area contributed by atoms with E-state index in [1.807, 2.05) is 0 Å². The van der Waals surface area contributed by atoms with Crippen LogP contribution in [0.5, 0.6) is 11.5 Å². The minimum atomic E-state index is -1.27. The van der Waals surface area contributed by atoms with Crippen LogP contribution < -0.4 is 10.1 Å². The van der Waals surface area contributed by atoms with Gasteiger partial charge in [-0.1, -0.05) is 0 Å². The highest BCUT2D eigenvalue weighted by Crippen LogP contribution is 2.31. The molecule has 112 valence electrons. The van der Waals surface area contributed by atoms with Crippen molar-refractivity contribution in [3.8, 4) is 11.5 Å². The summed E-state index contributed by atoms with van der Waals surface area (Å²) in [6.45, 7) is 1.63.